The summed E-state index contributed by atoms with van der Waals surface area (Å²) in [6.07, 6.45) is 0. The Labute approximate surface area is 235 Å². The van der Waals surface area contributed by atoms with Crippen LogP contribution in [0.1, 0.15) is 29.5 Å². The summed E-state index contributed by atoms with van der Waals surface area (Å²) in [6, 6.07) is 20.8. The number of para-hydroxylation sites is 1. The minimum atomic E-state index is -0.970. The number of anilines is 2. The summed E-state index contributed by atoms with van der Waals surface area (Å²) in [5.41, 5.74) is 3.96. The van der Waals surface area contributed by atoms with Crippen LogP contribution in [0, 0.1) is 31.0 Å². The number of benzene rings is 3. The smallest absolute Gasteiger partial charge is 0.254 e. The van der Waals surface area contributed by atoms with E-state index < -0.39 is 17.6 Å². The van der Waals surface area contributed by atoms with Gasteiger partial charge in [-0.1, -0.05) is 65.8 Å². The Morgan fingerprint density at radius 3 is 2.44 bits per heavy atom. The average Bonchev–Trinajstić information content (AvgIpc) is 2.90. The van der Waals surface area contributed by atoms with E-state index in [-0.39, 0.29) is 28.4 Å². The van der Waals surface area contributed by atoms with Gasteiger partial charge < -0.3 is 16.0 Å². The quantitative estimate of drug-likeness (QED) is 0.295. The SMILES string of the molecule is CC1=C(C(=O)Nc2ccccc2C)C(c2ccccc2F)C(C#N)=C(SCC(=O)Nc2ccc(C)c(Cl)c2)N1. The molecule has 4 rings (SSSR count). The fourth-order valence-corrected chi connectivity index (χ4v) is 5.33. The molecule has 198 valence electrons. The van der Waals surface area contributed by atoms with Gasteiger partial charge in [0.15, 0.2) is 0 Å². The molecule has 9 heteroatoms. The maximum absolute atomic E-state index is 15.1. The topological polar surface area (TPSA) is 94.0 Å². The van der Waals surface area contributed by atoms with Crippen LogP contribution in [0.25, 0.3) is 0 Å². The third-order valence-corrected chi connectivity index (χ3v) is 7.73. The Morgan fingerprint density at radius 2 is 1.74 bits per heavy atom. The number of nitrogens with one attached hydrogen (secondary N) is 3. The van der Waals surface area contributed by atoms with Gasteiger partial charge in [0.2, 0.25) is 5.91 Å². The second-order valence-electron chi connectivity index (χ2n) is 9.04. The molecule has 3 aromatic carbocycles. The molecule has 1 atom stereocenters. The predicted molar refractivity (Wildman–Crippen MR) is 155 cm³/mol. The zero-order valence-electron chi connectivity index (χ0n) is 21.6. The molecule has 0 saturated heterocycles. The number of aryl methyl sites for hydroxylation is 2. The molecular formula is C30H26ClFN4O2S. The number of amides is 2. The van der Waals surface area contributed by atoms with Gasteiger partial charge in [-0.2, -0.15) is 5.26 Å². The molecule has 6 nitrogen and oxygen atoms in total. The van der Waals surface area contributed by atoms with Gasteiger partial charge in [0.1, 0.15) is 5.82 Å². The van der Waals surface area contributed by atoms with Gasteiger partial charge in [0.25, 0.3) is 5.91 Å². The molecule has 0 spiro atoms. The number of nitriles is 1. The van der Waals surface area contributed by atoms with Gasteiger partial charge in [-0.25, -0.2) is 4.39 Å². The van der Waals surface area contributed by atoms with Crippen molar-refractivity contribution >= 4 is 46.6 Å². The Bertz CT molecular complexity index is 1560. The van der Waals surface area contributed by atoms with Crippen molar-refractivity contribution in [3.8, 4) is 6.07 Å². The molecule has 1 aliphatic rings. The van der Waals surface area contributed by atoms with Gasteiger partial charge in [-0.3, -0.25) is 9.59 Å². The minimum absolute atomic E-state index is 0.0268. The first-order valence-electron chi connectivity index (χ1n) is 12.1. The number of nitrogens with zero attached hydrogens (tertiary/aromatic N) is 1. The first-order chi connectivity index (χ1) is 18.7. The highest BCUT2D eigenvalue weighted by Gasteiger charge is 2.36. The molecule has 3 aromatic rings. The van der Waals surface area contributed by atoms with Crippen LogP contribution in [0.2, 0.25) is 5.02 Å². The molecule has 0 fully saturated rings. The van der Waals surface area contributed by atoms with E-state index in [4.69, 9.17) is 11.6 Å². The van der Waals surface area contributed by atoms with Crippen LogP contribution in [0.3, 0.4) is 0 Å². The lowest BCUT2D eigenvalue weighted by atomic mass is 9.82. The zero-order valence-corrected chi connectivity index (χ0v) is 23.1. The molecule has 0 radical (unpaired) electrons. The van der Waals surface area contributed by atoms with Crippen LogP contribution in [0.4, 0.5) is 15.8 Å². The molecule has 0 bridgehead atoms. The monoisotopic (exact) mass is 560 g/mol. The summed E-state index contributed by atoms with van der Waals surface area (Å²) in [6.45, 7) is 5.44. The summed E-state index contributed by atoms with van der Waals surface area (Å²) in [5, 5.41) is 19.9. The van der Waals surface area contributed by atoms with Crippen LogP contribution in [0.5, 0.6) is 0 Å². The molecule has 0 aliphatic carbocycles. The largest absolute Gasteiger partial charge is 0.353 e. The van der Waals surface area contributed by atoms with Crippen molar-refractivity contribution in [2.75, 3.05) is 16.4 Å². The van der Waals surface area contributed by atoms with Crippen LogP contribution in [0.15, 0.2) is 88.6 Å². The van der Waals surface area contributed by atoms with Crippen molar-refractivity contribution in [2.45, 2.75) is 26.7 Å². The van der Waals surface area contributed by atoms with Gasteiger partial charge in [0, 0.05) is 33.2 Å². The standard InChI is InChI=1S/C30H26ClFN4O2S/c1-17-12-13-20(14-23(17)31)35-26(37)16-39-30-22(15-33)28(21-9-5-6-10-24(21)32)27(19(3)34-30)29(38)36-25-11-7-4-8-18(25)2/h4-14,28,34H,16H2,1-3H3,(H,35,37)(H,36,38). The van der Waals surface area contributed by atoms with E-state index in [2.05, 4.69) is 22.0 Å². The van der Waals surface area contributed by atoms with E-state index in [9.17, 15) is 14.9 Å². The van der Waals surface area contributed by atoms with E-state index in [0.717, 1.165) is 22.9 Å². The van der Waals surface area contributed by atoms with Crippen molar-refractivity contribution < 1.29 is 14.0 Å². The van der Waals surface area contributed by atoms with Gasteiger partial charge in [-0.15, -0.1) is 0 Å². The molecule has 2 amide bonds. The third kappa shape index (κ3) is 6.33. The number of hydrogen-bond acceptors (Lipinski definition) is 5. The van der Waals surface area contributed by atoms with Crippen LogP contribution in [-0.4, -0.2) is 17.6 Å². The van der Waals surface area contributed by atoms with Crippen molar-refractivity contribution in [1.82, 2.24) is 5.32 Å². The number of thioether (sulfide) groups is 1. The van der Waals surface area contributed by atoms with Crippen molar-refractivity contribution in [3.05, 3.63) is 116 Å². The number of hydrogen-bond donors (Lipinski definition) is 3. The van der Waals surface area contributed by atoms with E-state index in [1.54, 1.807) is 49.4 Å². The summed E-state index contributed by atoms with van der Waals surface area (Å²) in [4.78, 5) is 26.3. The first kappa shape index (κ1) is 28.0. The Morgan fingerprint density at radius 1 is 1.03 bits per heavy atom. The Hall–Kier alpha value is -4.06. The Balaban J connectivity index is 1.64. The van der Waals surface area contributed by atoms with Crippen molar-refractivity contribution in [1.29, 1.82) is 5.26 Å². The first-order valence-corrected chi connectivity index (χ1v) is 13.5. The van der Waals surface area contributed by atoms with Crippen LogP contribution < -0.4 is 16.0 Å². The third-order valence-electron chi connectivity index (χ3n) is 6.30. The maximum atomic E-state index is 15.1. The number of dihydropyridines is 1. The average molecular weight is 561 g/mol. The second kappa shape index (κ2) is 12.2. The van der Waals surface area contributed by atoms with E-state index in [1.165, 1.54) is 6.07 Å². The summed E-state index contributed by atoms with van der Waals surface area (Å²) in [7, 11) is 0. The van der Waals surface area contributed by atoms with E-state index >= 15 is 4.39 Å². The molecule has 0 saturated carbocycles. The fourth-order valence-electron chi connectivity index (χ4n) is 4.26. The summed E-state index contributed by atoms with van der Waals surface area (Å²) in [5.74, 6) is -2.29. The Kier molecular flexibility index (Phi) is 8.75. The molecule has 1 unspecified atom stereocenters. The predicted octanol–water partition coefficient (Wildman–Crippen LogP) is 6.80. The lowest BCUT2D eigenvalue weighted by Gasteiger charge is -2.30. The molecule has 3 N–H and O–H groups in total. The van der Waals surface area contributed by atoms with Crippen molar-refractivity contribution in [3.63, 3.8) is 0 Å². The number of halogens is 2. The van der Waals surface area contributed by atoms with E-state index in [0.29, 0.717) is 27.1 Å². The normalized spacial score (nSPS) is 14.9. The van der Waals surface area contributed by atoms with Crippen molar-refractivity contribution in [2.24, 2.45) is 0 Å². The van der Waals surface area contributed by atoms with Crippen LogP contribution in [-0.2, 0) is 9.59 Å². The van der Waals surface area contributed by atoms with Gasteiger partial charge in [0.05, 0.1) is 28.3 Å². The molecular weight excluding hydrogens is 535 g/mol. The number of allylic oxidation sites excluding steroid dienone is 2. The summed E-state index contributed by atoms with van der Waals surface area (Å²) >= 11 is 7.26. The van der Waals surface area contributed by atoms with Gasteiger partial charge >= 0.3 is 0 Å². The maximum Gasteiger partial charge on any atom is 0.254 e. The highest BCUT2D eigenvalue weighted by Crippen LogP contribution is 2.42. The minimum Gasteiger partial charge on any atom is -0.353 e. The van der Waals surface area contributed by atoms with Gasteiger partial charge in [-0.05, 0) is 56.2 Å². The highest BCUT2D eigenvalue weighted by molar-refractivity contribution is 8.03. The summed E-state index contributed by atoms with van der Waals surface area (Å²) < 4.78 is 15.1. The molecule has 0 aromatic heterocycles. The highest BCUT2D eigenvalue weighted by atomic mass is 35.5. The number of carbonyl (C=O) groups excluding carboxylic acids is 2. The molecule has 39 heavy (non-hydrogen) atoms. The van der Waals surface area contributed by atoms with E-state index in [1.807, 2.05) is 32.0 Å². The molecule has 1 aliphatic heterocycles. The number of carbonyl (C=O) groups is 2. The second-order valence-corrected chi connectivity index (χ2v) is 10.4. The fraction of sp³-hybridized carbons (Fsp3) is 0.167. The molecule has 1 heterocycles. The van der Waals surface area contributed by atoms with Crippen LogP contribution >= 0.6 is 23.4 Å². The lowest BCUT2D eigenvalue weighted by molar-refractivity contribution is -0.114. The lowest BCUT2D eigenvalue weighted by Crippen LogP contribution is -2.31. The zero-order chi connectivity index (χ0) is 28.1. The number of rotatable bonds is 7.